The summed E-state index contributed by atoms with van der Waals surface area (Å²) in [4.78, 5) is 13.4. The van der Waals surface area contributed by atoms with Gasteiger partial charge in [-0.3, -0.25) is 4.79 Å². The molecule has 3 aromatic carbocycles. The van der Waals surface area contributed by atoms with Gasteiger partial charge in [0, 0.05) is 10.5 Å². The van der Waals surface area contributed by atoms with Crippen LogP contribution in [0.25, 0.3) is 12.2 Å². The van der Waals surface area contributed by atoms with E-state index in [0.29, 0.717) is 11.3 Å². The molecule has 3 aromatic rings. The first-order valence-corrected chi connectivity index (χ1v) is 9.20. The van der Waals surface area contributed by atoms with Crippen LogP contribution in [0.2, 0.25) is 0 Å². The summed E-state index contributed by atoms with van der Waals surface area (Å²) in [6.45, 7) is 3.78. The second kappa shape index (κ2) is 8.07. The van der Waals surface area contributed by atoms with Crippen LogP contribution < -0.4 is 0 Å². The third-order valence-corrected chi connectivity index (χ3v) is 4.99. The van der Waals surface area contributed by atoms with Crippen molar-refractivity contribution in [3.63, 3.8) is 0 Å². The molecule has 0 saturated heterocycles. The predicted octanol–water partition coefficient (Wildman–Crippen LogP) is 6.11. The number of thioether (sulfide) groups is 1. The van der Waals surface area contributed by atoms with Gasteiger partial charge in [-0.15, -0.1) is 0 Å². The van der Waals surface area contributed by atoms with Crippen molar-refractivity contribution in [1.82, 2.24) is 0 Å². The van der Waals surface area contributed by atoms with Crippen molar-refractivity contribution in [2.45, 2.75) is 18.7 Å². The fourth-order valence-electron chi connectivity index (χ4n) is 2.70. The van der Waals surface area contributed by atoms with E-state index in [2.05, 4.69) is 0 Å². The highest BCUT2D eigenvalue weighted by Gasteiger charge is 2.08. The van der Waals surface area contributed by atoms with Crippen LogP contribution in [0.5, 0.6) is 5.75 Å². The number of phenols is 1. The molecule has 2 nitrogen and oxygen atoms in total. The zero-order valence-corrected chi connectivity index (χ0v) is 15.6. The Morgan fingerprint density at radius 1 is 0.846 bits per heavy atom. The van der Waals surface area contributed by atoms with Gasteiger partial charge in [0.25, 0.3) is 0 Å². The average Bonchev–Trinajstić information content (AvgIpc) is 2.65. The summed E-state index contributed by atoms with van der Waals surface area (Å²) in [6, 6.07) is 21.1. The summed E-state index contributed by atoms with van der Waals surface area (Å²) in [7, 11) is 0. The summed E-state index contributed by atoms with van der Waals surface area (Å²) in [5.41, 5.74) is 4.38. The highest BCUT2D eigenvalue weighted by Crippen LogP contribution is 2.25. The maximum absolute atomic E-state index is 12.5. The number of phenolic OH excluding ortho intramolecular Hbond substituents is 1. The molecule has 1 N–H and O–H groups in total. The summed E-state index contributed by atoms with van der Waals surface area (Å²) in [5.74, 6) is 0.340. The van der Waals surface area contributed by atoms with Crippen LogP contribution in [-0.2, 0) is 0 Å². The van der Waals surface area contributed by atoms with E-state index in [1.807, 2.05) is 92.7 Å². The molecule has 0 atom stereocenters. The predicted molar refractivity (Wildman–Crippen MR) is 110 cm³/mol. The molecule has 0 heterocycles. The number of rotatable bonds is 4. The molecule has 0 spiro atoms. The fraction of sp³-hybridized carbons (Fsp3) is 0.0870. The molecule has 130 valence electrons. The van der Waals surface area contributed by atoms with Crippen LogP contribution in [-0.4, -0.2) is 10.2 Å². The summed E-state index contributed by atoms with van der Waals surface area (Å²) < 4.78 is 0. The number of carbonyl (C=O) groups is 1. The second-order valence-electron chi connectivity index (χ2n) is 6.16. The molecule has 0 aliphatic heterocycles. The lowest BCUT2D eigenvalue weighted by Crippen LogP contribution is -1.93. The van der Waals surface area contributed by atoms with Gasteiger partial charge in [-0.05, 0) is 78.2 Å². The smallest absolute Gasteiger partial charge is 0.224 e. The Labute approximate surface area is 158 Å². The van der Waals surface area contributed by atoms with E-state index in [0.717, 1.165) is 27.1 Å². The summed E-state index contributed by atoms with van der Waals surface area (Å²) >= 11 is 1.23. The minimum absolute atomic E-state index is 0.0303. The number of aromatic hydroxyl groups is 1. The first-order chi connectivity index (χ1) is 12.5. The normalized spacial score (nSPS) is 11.0. The Morgan fingerprint density at radius 2 is 1.50 bits per heavy atom. The van der Waals surface area contributed by atoms with Crippen LogP contribution in [0.15, 0.2) is 71.6 Å². The van der Waals surface area contributed by atoms with Gasteiger partial charge in [-0.1, -0.05) is 48.6 Å². The lowest BCUT2D eigenvalue weighted by Gasteiger charge is -2.05. The zero-order chi connectivity index (χ0) is 18.5. The Kier molecular flexibility index (Phi) is 5.59. The van der Waals surface area contributed by atoms with Crippen molar-refractivity contribution in [3.05, 3.63) is 94.5 Å². The standard InChI is InChI=1S/C23H20O2S/c1-16-13-19(14-17(2)22(16)24)12-11-18-7-6-8-20(15-18)23(25)26-21-9-4-3-5-10-21/h3-15,24H,1-2H3. The molecule has 0 fully saturated rings. The van der Waals surface area contributed by atoms with Crippen molar-refractivity contribution in [3.8, 4) is 5.75 Å². The van der Waals surface area contributed by atoms with E-state index in [4.69, 9.17) is 0 Å². The molecule has 0 aromatic heterocycles. The van der Waals surface area contributed by atoms with Gasteiger partial charge in [0.05, 0.1) is 0 Å². The van der Waals surface area contributed by atoms with E-state index >= 15 is 0 Å². The zero-order valence-electron chi connectivity index (χ0n) is 14.8. The van der Waals surface area contributed by atoms with Crippen LogP contribution in [0.4, 0.5) is 0 Å². The van der Waals surface area contributed by atoms with Gasteiger partial charge in [-0.25, -0.2) is 0 Å². The van der Waals surface area contributed by atoms with Gasteiger partial charge in [0.1, 0.15) is 5.75 Å². The van der Waals surface area contributed by atoms with Crippen LogP contribution >= 0.6 is 11.8 Å². The molecular formula is C23H20O2S. The second-order valence-corrected chi connectivity index (χ2v) is 7.21. The molecule has 3 rings (SSSR count). The summed E-state index contributed by atoms with van der Waals surface area (Å²) in [5, 5.41) is 9.90. The van der Waals surface area contributed by atoms with E-state index in [-0.39, 0.29) is 5.12 Å². The number of hydrogen-bond donors (Lipinski definition) is 1. The minimum atomic E-state index is 0.0303. The number of benzene rings is 3. The van der Waals surface area contributed by atoms with Crippen LogP contribution in [0.3, 0.4) is 0 Å². The number of hydrogen-bond acceptors (Lipinski definition) is 3. The summed E-state index contributed by atoms with van der Waals surface area (Å²) in [6.07, 6.45) is 3.97. The van der Waals surface area contributed by atoms with E-state index in [1.54, 1.807) is 0 Å². The maximum atomic E-state index is 12.5. The Morgan fingerprint density at radius 3 is 2.19 bits per heavy atom. The van der Waals surface area contributed by atoms with Gasteiger partial charge in [-0.2, -0.15) is 0 Å². The molecule has 3 heteroatoms. The van der Waals surface area contributed by atoms with E-state index in [1.165, 1.54) is 11.8 Å². The van der Waals surface area contributed by atoms with Gasteiger partial charge >= 0.3 is 0 Å². The van der Waals surface area contributed by atoms with Crippen molar-refractivity contribution >= 4 is 29.0 Å². The average molecular weight is 360 g/mol. The Bertz CT molecular complexity index is 936. The number of carbonyl (C=O) groups excluding carboxylic acids is 1. The molecule has 0 saturated carbocycles. The molecule has 0 bridgehead atoms. The highest BCUT2D eigenvalue weighted by molar-refractivity contribution is 8.14. The monoisotopic (exact) mass is 360 g/mol. The van der Waals surface area contributed by atoms with Crippen molar-refractivity contribution in [2.24, 2.45) is 0 Å². The quantitative estimate of drug-likeness (QED) is 0.450. The van der Waals surface area contributed by atoms with Gasteiger partial charge in [0.15, 0.2) is 0 Å². The molecule has 0 aliphatic carbocycles. The Balaban J connectivity index is 1.78. The molecular weight excluding hydrogens is 340 g/mol. The largest absolute Gasteiger partial charge is 0.507 e. The van der Waals surface area contributed by atoms with E-state index in [9.17, 15) is 9.90 Å². The van der Waals surface area contributed by atoms with E-state index < -0.39 is 0 Å². The van der Waals surface area contributed by atoms with Crippen molar-refractivity contribution in [1.29, 1.82) is 0 Å². The molecule has 0 amide bonds. The fourth-order valence-corrected chi connectivity index (χ4v) is 3.45. The molecule has 26 heavy (non-hydrogen) atoms. The molecule has 0 aliphatic rings. The first-order valence-electron chi connectivity index (χ1n) is 8.38. The van der Waals surface area contributed by atoms with Crippen LogP contribution in [0, 0.1) is 13.8 Å². The Hall–Kier alpha value is -2.78. The SMILES string of the molecule is Cc1cc(C=Cc2cccc(C(=O)Sc3ccccc3)c2)cc(C)c1O. The van der Waals surface area contributed by atoms with Crippen LogP contribution in [0.1, 0.15) is 32.6 Å². The minimum Gasteiger partial charge on any atom is -0.507 e. The van der Waals surface area contributed by atoms with Gasteiger partial charge in [0.2, 0.25) is 5.12 Å². The first kappa shape index (κ1) is 18.0. The highest BCUT2D eigenvalue weighted by atomic mass is 32.2. The topological polar surface area (TPSA) is 37.3 Å². The molecule has 0 radical (unpaired) electrons. The third kappa shape index (κ3) is 4.44. The lowest BCUT2D eigenvalue weighted by molar-refractivity contribution is 0.108. The third-order valence-electron chi connectivity index (χ3n) is 4.06. The molecule has 0 unspecified atom stereocenters. The number of aryl methyl sites for hydroxylation is 2. The lowest BCUT2D eigenvalue weighted by atomic mass is 10.0. The van der Waals surface area contributed by atoms with Gasteiger partial charge < -0.3 is 5.11 Å². The van der Waals surface area contributed by atoms with Crippen molar-refractivity contribution < 1.29 is 9.90 Å². The maximum Gasteiger partial charge on any atom is 0.224 e. The van der Waals surface area contributed by atoms with Crippen molar-refractivity contribution in [2.75, 3.05) is 0 Å².